The molecule has 0 bridgehead atoms. The van der Waals surface area contributed by atoms with Gasteiger partial charge in [-0.1, -0.05) is 32.5 Å². The second kappa shape index (κ2) is 8.07. The van der Waals surface area contributed by atoms with E-state index in [1.165, 1.54) is 12.7 Å². The zero-order valence-electron chi connectivity index (χ0n) is 16.4. The molecule has 10 heteroatoms. The quantitative estimate of drug-likeness (QED) is 0.289. The first-order chi connectivity index (χ1) is 13.8. The summed E-state index contributed by atoms with van der Waals surface area (Å²) in [5.74, 6) is 0.389. The highest BCUT2D eigenvalue weighted by molar-refractivity contribution is 14.1. The number of anilines is 1. The number of fused-ring (bicyclic) bond motifs is 2. The fourth-order valence-electron chi connectivity index (χ4n) is 2.90. The summed E-state index contributed by atoms with van der Waals surface area (Å²) in [4.78, 5) is 18.6. The SMILES string of the molecule is CC(C)(C)CNCCn1c(Sc2cc3ncoc3cc2I)nc2c(N)ncnc21. The Kier molecular flexibility index (Phi) is 5.67. The van der Waals surface area contributed by atoms with Crippen LogP contribution in [0, 0.1) is 8.99 Å². The number of oxazole rings is 1. The number of nitrogens with one attached hydrogen (secondary N) is 1. The van der Waals surface area contributed by atoms with Gasteiger partial charge in [-0.2, -0.15) is 0 Å². The Hall–Kier alpha value is -1.92. The summed E-state index contributed by atoms with van der Waals surface area (Å²) in [5, 5.41) is 4.33. The zero-order chi connectivity index (χ0) is 20.6. The van der Waals surface area contributed by atoms with Crippen LogP contribution in [0.25, 0.3) is 22.3 Å². The maximum atomic E-state index is 6.06. The molecular formula is C19H22IN7OS. The van der Waals surface area contributed by atoms with Crippen LogP contribution in [-0.2, 0) is 6.54 Å². The average molecular weight is 523 g/mol. The van der Waals surface area contributed by atoms with Gasteiger partial charge < -0.3 is 20.0 Å². The van der Waals surface area contributed by atoms with Gasteiger partial charge in [0.05, 0.1) is 0 Å². The molecule has 0 saturated heterocycles. The molecule has 0 spiro atoms. The van der Waals surface area contributed by atoms with Crippen molar-refractivity contribution in [2.45, 2.75) is 37.4 Å². The number of nitrogens with zero attached hydrogens (tertiary/aromatic N) is 5. The van der Waals surface area contributed by atoms with Crippen molar-refractivity contribution >= 4 is 62.4 Å². The molecule has 1 aromatic carbocycles. The largest absolute Gasteiger partial charge is 0.443 e. The van der Waals surface area contributed by atoms with Crippen molar-refractivity contribution in [1.29, 1.82) is 0 Å². The van der Waals surface area contributed by atoms with Crippen LogP contribution in [0.15, 0.2) is 39.3 Å². The van der Waals surface area contributed by atoms with Crippen LogP contribution in [0.3, 0.4) is 0 Å². The van der Waals surface area contributed by atoms with Crippen LogP contribution in [0.4, 0.5) is 5.82 Å². The number of aromatic nitrogens is 5. The number of nitrogens with two attached hydrogens (primary N) is 1. The van der Waals surface area contributed by atoms with E-state index in [0.29, 0.717) is 11.3 Å². The molecule has 0 amide bonds. The van der Waals surface area contributed by atoms with Crippen molar-refractivity contribution in [3.63, 3.8) is 0 Å². The molecule has 0 fully saturated rings. The first-order valence-corrected chi connectivity index (χ1v) is 11.1. The molecular weight excluding hydrogens is 501 g/mol. The van der Waals surface area contributed by atoms with Gasteiger partial charge in [-0.05, 0) is 40.1 Å². The maximum absolute atomic E-state index is 6.06. The predicted octanol–water partition coefficient (Wildman–Crippen LogP) is 3.94. The van der Waals surface area contributed by atoms with Gasteiger partial charge in [0, 0.05) is 28.1 Å². The number of rotatable bonds is 6. The highest BCUT2D eigenvalue weighted by Crippen LogP contribution is 2.35. The molecule has 3 N–H and O–H groups in total. The van der Waals surface area contributed by atoms with Gasteiger partial charge in [0.1, 0.15) is 11.8 Å². The number of nitrogen functional groups attached to an aromatic ring is 1. The molecule has 152 valence electrons. The third-order valence-corrected chi connectivity index (χ3v) is 6.59. The van der Waals surface area contributed by atoms with Crippen molar-refractivity contribution in [3.8, 4) is 0 Å². The maximum Gasteiger partial charge on any atom is 0.181 e. The summed E-state index contributed by atoms with van der Waals surface area (Å²) in [6.07, 6.45) is 2.94. The molecule has 0 aliphatic rings. The van der Waals surface area contributed by atoms with Crippen molar-refractivity contribution < 1.29 is 4.42 Å². The number of hydrogen-bond acceptors (Lipinski definition) is 8. The lowest BCUT2D eigenvalue weighted by Crippen LogP contribution is -2.29. The monoisotopic (exact) mass is 523 g/mol. The average Bonchev–Trinajstić information content (AvgIpc) is 3.23. The minimum atomic E-state index is 0.226. The molecule has 0 unspecified atom stereocenters. The lowest BCUT2D eigenvalue weighted by Gasteiger charge is -2.19. The molecule has 0 saturated carbocycles. The highest BCUT2D eigenvalue weighted by atomic mass is 127. The number of hydrogen-bond donors (Lipinski definition) is 2. The molecule has 0 aliphatic heterocycles. The van der Waals surface area contributed by atoms with Crippen LogP contribution >= 0.6 is 34.4 Å². The Morgan fingerprint density at radius 3 is 2.86 bits per heavy atom. The van der Waals surface area contributed by atoms with Crippen LogP contribution < -0.4 is 11.1 Å². The molecule has 3 aromatic heterocycles. The number of imidazole rings is 1. The van der Waals surface area contributed by atoms with Crippen molar-refractivity contribution in [1.82, 2.24) is 29.8 Å². The summed E-state index contributed by atoms with van der Waals surface area (Å²) in [6.45, 7) is 9.10. The topological polar surface area (TPSA) is 108 Å². The van der Waals surface area contributed by atoms with Gasteiger partial charge in [-0.25, -0.2) is 19.9 Å². The summed E-state index contributed by atoms with van der Waals surface area (Å²) in [7, 11) is 0. The third-order valence-electron chi connectivity index (χ3n) is 4.28. The minimum absolute atomic E-state index is 0.226. The van der Waals surface area contributed by atoms with E-state index in [4.69, 9.17) is 15.1 Å². The van der Waals surface area contributed by atoms with Crippen molar-refractivity contribution in [2.24, 2.45) is 5.41 Å². The van der Waals surface area contributed by atoms with E-state index in [2.05, 4.69) is 68.2 Å². The summed E-state index contributed by atoms with van der Waals surface area (Å²) in [6, 6.07) is 4.00. The Labute approximate surface area is 186 Å². The first kappa shape index (κ1) is 20.4. The van der Waals surface area contributed by atoms with Crippen molar-refractivity contribution in [2.75, 3.05) is 18.8 Å². The highest BCUT2D eigenvalue weighted by Gasteiger charge is 2.18. The van der Waals surface area contributed by atoms with Gasteiger partial charge in [-0.15, -0.1) is 0 Å². The van der Waals surface area contributed by atoms with E-state index >= 15 is 0 Å². The molecule has 0 aliphatic carbocycles. The Bertz CT molecular complexity index is 1160. The Morgan fingerprint density at radius 2 is 2.07 bits per heavy atom. The van der Waals surface area contributed by atoms with Gasteiger partial charge in [-0.3, -0.25) is 0 Å². The number of benzene rings is 1. The predicted molar refractivity (Wildman–Crippen MR) is 123 cm³/mol. The molecule has 8 nitrogen and oxygen atoms in total. The second-order valence-electron chi connectivity index (χ2n) is 7.92. The Balaban J connectivity index is 1.66. The summed E-state index contributed by atoms with van der Waals surface area (Å²) in [5.41, 5.74) is 9.25. The second-order valence-corrected chi connectivity index (χ2v) is 10.1. The summed E-state index contributed by atoms with van der Waals surface area (Å²) < 4.78 is 8.56. The van der Waals surface area contributed by atoms with Gasteiger partial charge in [0.2, 0.25) is 0 Å². The van der Waals surface area contributed by atoms with Crippen LogP contribution in [-0.4, -0.2) is 37.6 Å². The fraction of sp³-hybridized carbons (Fsp3) is 0.368. The van der Waals surface area contributed by atoms with E-state index in [9.17, 15) is 0 Å². The van der Waals surface area contributed by atoms with Crippen molar-refractivity contribution in [3.05, 3.63) is 28.4 Å². The third kappa shape index (κ3) is 4.48. The van der Waals surface area contributed by atoms with Gasteiger partial charge >= 0.3 is 0 Å². The normalized spacial score (nSPS) is 12.3. The van der Waals surface area contributed by atoms with Crippen LogP contribution in [0.1, 0.15) is 20.8 Å². The van der Waals surface area contributed by atoms with E-state index in [0.717, 1.165) is 50.0 Å². The smallest absolute Gasteiger partial charge is 0.181 e. The van der Waals surface area contributed by atoms with Crippen LogP contribution in [0.5, 0.6) is 0 Å². The lowest BCUT2D eigenvalue weighted by molar-refractivity contribution is 0.375. The minimum Gasteiger partial charge on any atom is -0.443 e. The van der Waals surface area contributed by atoms with E-state index in [-0.39, 0.29) is 5.41 Å². The Morgan fingerprint density at radius 1 is 1.24 bits per heavy atom. The zero-order valence-corrected chi connectivity index (χ0v) is 19.4. The fourth-order valence-corrected chi connectivity index (χ4v) is 4.62. The van der Waals surface area contributed by atoms with Gasteiger partial charge in [0.25, 0.3) is 0 Å². The van der Waals surface area contributed by atoms with Gasteiger partial charge in [0.15, 0.2) is 34.1 Å². The molecule has 29 heavy (non-hydrogen) atoms. The lowest BCUT2D eigenvalue weighted by atomic mass is 9.97. The molecule has 0 atom stereocenters. The van der Waals surface area contributed by atoms with E-state index in [1.54, 1.807) is 11.8 Å². The molecule has 4 rings (SSSR count). The molecule has 0 radical (unpaired) electrons. The molecule has 4 aromatic rings. The van der Waals surface area contributed by atoms with E-state index < -0.39 is 0 Å². The van der Waals surface area contributed by atoms with E-state index in [1.807, 2.05) is 12.1 Å². The standard InChI is InChI=1S/C19H22IN7OS/c1-19(2,3)8-22-4-5-27-17-15(16(21)23-9-24-17)26-18(27)29-14-7-12-13(6-11(14)20)28-10-25-12/h6-7,9-10,22H,4-5,8H2,1-3H3,(H2,21,23,24). The molecule has 3 heterocycles. The first-order valence-electron chi connectivity index (χ1n) is 9.20. The van der Waals surface area contributed by atoms with Crippen LogP contribution in [0.2, 0.25) is 0 Å². The summed E-state index contributed by atoms with van der Waals surface area (Å²) >= 11 is 3.87. The number of halogens is 1.